The summed E-state index contributed by atoms with van der Waals surface area (Å²) in [5, 5.41) is 8.02. The average Bonchev–Trinajstić information content (AvgIpc) is 3.35. The first kappa shape index (κ1) is 20.0. The molecule has 5 rings (SSSR count). The molecular weight excluding hydrogens is 397 g/mol. The van der Waals surface area contributed by atoms with Crippen LogP contribution in [-0.4, -0.2) is 42.2 Å². The number of ether oxygens (including phenoxy) is 1. The van der Waals surface area contributed by atoms with E-state index in [1.165, 1.54) is 12.1 Å². The average molecular weight is 423 g/mol. The van der Waals surface area contributed by atoms with Crippen LogP contribution in [0, 0.1) is 5.82 Å². The van der Waals surface area contributed by atoms with Crippen molar-refractivity contribution in [1.82, 2.24) is 10.1 Å². The van der Waals surface area contributed by atoms with E-state index in [0.717, 1.165) is 73.4 Å². The van der Waals surface area contributed by atoms with Gasteiger partial charge in [-0.2, -0.15) is 0 Å². The van der Waals surface area contributed by atoms with Crippen molar-refractivity contribution >= 4 is 22.6 Å². The smallest absolute Gasteiger partial charge is 0.228 e. The molecule has 1 N–H and O–H groups in total. The fraction of sp³-hybridized carbons (Fsp3) is 0.417. The van der Waals surface area contributed by atoms with Crippen molar-refractivity contribution in [2.45, 2.75) is 38.0 Å². The minimum atomic E-state index is -0.294. The Balaban J connectivity index is 1.03. The number of rotatable bonds is 7. The number of nitrogens with one attached hydrogen (secondary N) is 1. The fourth-order valence-corrected chi connectivity index (χ4v) is 4.57. The second-order valence-electron chi connectivity index (χ2n) is 8.42. The van der Waals surface area contributed by atoms with Gasteiger partial charge in [0.15, 0.2) is 5.58 Å². The molecule has 3 heterocycles. The number of aromatic nitrogens is 1. The molecule has 31 heavy (non-hydrogen) atoms. The maximum atomic E-state index is 13.4. The molecule has 1 amide bonds. The number of anilines is 1. The second kappa shape index (κ2) is 8.67. The molecule has 0 aliphatic carbocycles. The topological polar surface area (TPSA) is 67.6 Å². The highest BCUT2D eigenvalue weighted by Crippen LogP contribution is 2.33. The Morgan fingerprint density at radius 1 is 1.16 bits per heavy atom. The highest BCUT2D eigenvalue weighted by atomic mass is 19.1. The zero-order chi connectivity index (χ0) is 21.2. The Morgan fingerprint density at radius 2 is 2.03 bits per heavy atom. The lowest BCUT2D eigenvalue weighted by Gasteiger charge is -2.31. The number of amides is 1. The minimum Gasteiger partial charge on any atom is -0.494 e. The van der Waals surface area contributed by atoms with Crippen molar-refractivity contribution in [1.29, 1.82) is 0 Å². The number of piperidine rings is 1. The first-order chi connectivity index (χ1) is 15.2. The number of likely N-dealkylation sites (tertiary alicyclic amines) is 1. The highest BCUT2D eigenvalue weighted by Gasteiger charge is 2.25. The van der Waals surface area contributed by atoms with Crippen LogP contribution in [-0.2, 0) is 11.2 Å². The molecule has 2 aliphatic heterocycles. The largest absolute Gasteiger partial charge is 0.494 e. The number of hydrogen-bond acceptors (Lipinski definition) is 5. The van der Waals surface area contributed by atoms with Crippen molar-refractivity contribution < 1.29 is 18.4 Å². The van der Waals surface area contributed by atoms with Gasteiger partial charge in [0.05, 0.1) is 18.7 Å². The molecule has 6 nitrogen and oxygen atoms in total. The standard InChI is InChI=1S/C24H26FN3O3/c25-18-4-6-20-22(14-18)31-27-24(20)16-7-10-28(11-8-16)9-1-2-12-30-19-5-3-17-13-23(29)26-21(17)15-19/h3-6,14-16H,1-2,7-13H2,(H,26,29). The van der Waals surface area contributed by atoms with Gasteiger partial charge >= 0.3 is 0 Å². The van der Waals surface area contributed by atoms with Gasteiger partial charge < -0.3 is 19.5 Å². The zero-order valence-corrected chi connectivity index (χ0v) is 17.4. The van der Waals surface area contributed by atoms with Crippen LogP contribution in [0.4, 0.5) is 10.1 Å². The summed E-state index contributed by atoms with van der Waals surface area (Å²) in [5.74, 6) is 0.923. The highest BCUT2D eigenvalue weighted by molar-refractivity contribution is 5.99. The maximum absolute atomic E-state index is 13.4. The van der Waals surface area contributed by atoms with Crippen molar-refractivity contribution in [2.24, 2.45) is 0 Å². The number of carbonyl (C=O) groups is 1. The molecule has 1 fully saturated rings. The SMILES string of the molecule is O=C1Cc2ccc(OCCCCN3CCC(c4noc5cc(F)ccc45)CC3)cc2N1. The lowest BCUT2D eigenvalue weighted by Crippen LogP contribution is -2.34. The van der Waals surface area contributed by atoms with Crippen LogP contribution in [0.1, 0.15) is 42.9 Å². The fourth-order valence-electron chi connectivity index (χ4n) is 4.57. The van der Waals surface area contributed by atoms with Crippen molar-refractivity contribution in [3.05, 3.63) is 53.5 Å². The van der Waals surface area contributed by atoms with E-state index in [4.69, 9.17) is 9.26 Å². The normalized spacial score (nSPS) is 17.1. The van der Waals surface area contributed by atoms with Crippen LogP contribution >= 0.6 is 0 Å². The molecular formula is C24H26FN3O3. The van der Waals surface area contributed by atoms with Gasteiger partial charge in [0, 0.05) is 29.1 Å². The Hall–Kier alpha value is -2.93. The molecule has 0 radical (unpaired) electrons. The van der Waals surface area contributed by atoms with E-state index >= 15 is 0 Å². The molecule has 7 heteroatoms. The van der Waals surface area contributed by atoms with Crippen LogP contribution in [0.15, 0.2) is 40.9 Å². The molecule has 0 saturated carbocycles. The van der Waals surface area contributed by atoms with Gasteiger partial charge in [0.25, 0.3) is 0 Å². The number of benzene rings is 2. The van der Waals surface area contributed by atoms with E-state index in [2.05, 4.69) is 15.4 Å². The van der Waals surface area contributed by atoms with E-state index < -0.39 is 0 Å². The predicted octanol–water partition coefficient (Wildman–Crippen LogP) is 4.50. The Kier molecular flexibility index (Phi) is 5.59. The van der Waals surface area contributed by atoms with Crippen LogP contribution in [0.25, 0.3) is 11.0 Å². The third-order valence-electron chi connectivity index (χ3n) is 6.28. The third kappa shape index (κ3) is 4.42. The summed E-state index contributed by atoms with van der Waals surface area (Å²) in [7, 11) is 0. The van der Waals surface area contributed by atoms with Gasteiger partial charge in [-0.3, -0.25) is 4.79 Å². The van der Waals surface area contributed by atoms with Gasteiger partial charge in [-0.25, -0.2) is 4.39 Å². The lowest BCUT2D eigenvalue weighted by atomic mass is 9.91. The molecule has 2 aliphatic rings. The van der Waals surface area contributed by atoms with Crippen molar-refractivity contribution in [2.75, 3.05) is 31.6 Å². The van der Waals surface area contributed by atoms with Crippen LogP contribution in [0.5, 0.6) is 5.75 Å². The van der Waals surface area contributed by atoms with Gasteiger partial charge in [-0.05, 0) is 69.1 Å². The summed E-state index contributed by atoms with van der Waals surface area (Å²) in [6.45, 7) is 3.79. The summed E-state index contributed by atoms with van der Waals surface area (Å²) in [5.41, 5.74) is 3.40. The first-order valence-corrected chi connectivity index (χ1v) is 11.0. The molecule has 3 aromatic rings. The summed E-state index contributed by atoms with van der Waals surface area (Å²) in [4.78, 5) is 13.9. The molecule has 1 saturated heterocycles. The maximum Gasteiger partial charge on any atom is 0.228 e. The molecule has 1 aromatic heterocycles. The van der Waals surface area contributed by atoms with Gasteiger partial charge in [-0.15, -0.1) is 0 Å². The predicted molar refractivity (Wildman–Crippen MR) is 116 cm³/mol. The Morgan fingerprint density at radius 3 is 2.90 bits per heavy atom. The summed E-state index contributed by atoms with van der Waals surface area (Å²) >= 11 is 0. The van der Waals surface area contributed by atoms with Gasteiger partial charge in [-0.1, -0.05) is 11.2 Å². The van der Waals surface area contributed by atoms with Crippen LogP contribution < -0.4 is 10.1 Å². The third-order valence-corrected chi connectivity index (χ3v) is 6.28. The Bertz CT molecular complexity index is 1090. The van der Waals surface area contributed by atoms with E-state index in [1.54, 1.807) is 6.07 Å². The summed E-state index contributed by atoms with van der Waals surface area (Å²) in [6, 6.07) is 10.5. The minimum absolute atomic E-state index is 0.0431. The molecule has 0 atom stereocenters. The zero-order valence-electron chi connectivity index (χ0n) is 17.4. The van der Waals surface area contributed by atoms with E-state index in [9.17, 15) is 9.18 Å². The Labute approximate surface area is 180 Å². The number of fused-ring (bicyclic) bond motifs is 2. The lowest BCUT2D eigenvalue weighted by molar-refractivity contribution is -0.115. The molecule has 0 spiro atoms. The van der Waals surface area contributed by atoms with Crippen LogP contribution in [0.2, 0.25) is 0 Å². The van der Waals surface area contributed by atoms with E-state index in [-0.39, 0.29) is 11.7 Å². The van der Waals surface area contributed by atoms with Crippen molar-refractivity contribution in [3.63, 3.8) is 0 Å². The number of halogens is 1. The van der Waals surface area contributed by atoms with Gasteiger partial charge in [0.2, 0.25) is 5.91 Å². The van der Waals surface area contributed by atoms with E-state index in [1.807, 2.05) is 18.2 Å². The number of carbonyl (C=O) groups excluding carboxylic acids is 1. The van der Waals surface area contributed by atoms with Crippen LogP contribution in [0.3, 0.4) is 0 Å². The summed E-state index contributed by atoms with van der Waals surface area (Å²) < 4.78 is 24.5. The number of hydrogen-bond donors (Lipinski definition) is 1. The number of nitrogens with zero attached hydrogens (tertiary/aromatic N) is 2. The molecule has 0 unspecified atom stereocenters. The monoisotopic (exact) mass is 423 g/mol. The molecule has 2 aromatic carbocycles. The van der Waals surface area contributed by atoms with E-state index in [0.29, 0.717) is 24.5 Å². The second-order valence-corrected chi connectivity index (χ2v) is 8.42. The molecule has 0 bridgehead atoms. The molecule has 162 valence electrons. The quantitative estimate of drug-likeness (QED) is 0.567. The summed E-state index contributed by atoms with van der Waals surface area (Å²) in [6.07, 6.45) is 4.60. The van der Waals surface area contributed by atoms with Crippen molar-refractivity contribution in [3.8, 4) is 5.75 Å². The number of unbranched alkanes of at least 4 members (excludes halogenated alkanes) is 1. The first-order valence-electron chi connectivity index (χ1n) is 11.0. The van der Waals surface area contributed by atoms with Gasteiger partial charge in [0.1, 0.15) is 11.6 Å².